The van der Waals surface area contributed by atoms with Crippen molar-refractivity contribution in [1.29, 1.82) is 0 Å². The fourth-order valence-corrected chi connectivity index (χ4v) is 3.19. The van der Waals surface area contributed by atoms with Gasteiger partial charge in [0.2, 0.25) is 0 Å². The second-order valence-electron chi connectivity index (χ2n) is 7.12. The molecule has 1 saturated heterocycles. The Bertz CT molecular complexity index is 1240. The number of nitrogens with one attached hydrogen (secondary N) is 1. The first kappa shape index (κ1) is 21.6. The Morgan fingerprint density at radius 2 is 1.79 bits per heavy atom. The molecule has 9 heteroatoms. The van der Waals surface area contributed by atoms with Gasteiger partial charge < -0.3 is 14.3 Å². The van der Waals surface area contributed by atoms with Gasteiger partial charge in [0.15, 0.2) is 0 Å². The third-order valence-electron chi connectivity index (χ3n) is 4.89. The molecule has 9 nitrogen and oxygen atoms in total. The van der Waals surface area contributed by atoms with Gasteiger partial charge in [0.05, 0.1) is 18.4 Å². The van der Waals surface area contributed by atoms with Crippen LogP contribution in [0.5, 0.6) is 5.75 Å². The number of para-hydroxylation sites is 1. The topological polar surface area (TPSA) is 126 Å². The Hall–Kier alpha value is -4.66. The molecule has 0 saturated carbocycles. The number of benzene rings is 2. The van der Waals surface area contributed by atoms with Crippen LogP contribution in [0, 0.1) is 0 Å². The number of hydrogen-bond donors (Lipinski definition) is 2. The number of furan rings is 1. The van der Waals surface area contributed by atoms with Crippen LogP contribution in [0.15, 0.2) is 76.9 Å². The number of rotatable bonds is 7. The number of ether oxygens (including phenoxy) is 1. The van der Waals surface area contributed by atoms with Crippen LogP contribution in [0.1, 0.15) is 27.2 Å². The number of aromatic carboxylic acids is 1. The SMILES string of the molecule is O=C1NC(=O)N(Cc2ccco2)C(=O)/C1=C/c1ccccc1OCc1ccc(C(=O)O)cc1. The first-order valence-corrected chi connectivity index (χ1v) is 9.87. The standard InChI is InChI=1S/C24H18N2O7/c27-21-19(22(28)26(24(31)25-21)13-18-5-3-11-32-18)12-17-4-1-2-6-20(17)33-14-15-7-9-16(10-8-15)23(29)30/h1-12H,13-14H2,(H,29,30)(H,25,27,31)/b19-12+. The number of imide groups is 2. The molecule has 0 unspecified atom stereocenters. The smallest absolute Gasteiger partial charge is 0.335 e. The number of nitrogens with zero attached hydrogens (tertiary/aromatic N) is 1. The molecule has 1 aliphatic heterocycles. The monoisotopic (exact) mass is 446 g/mol. The lowest BCUT2D eigenvalue weighted by Crippen LogP contribution is -2.53. The summed E-state index contributed by atoms with van der Waals surface area (Å²) < 4.78 is 11.0. The molecule has 1 aromatic heterocycles. The highest BCUT2D eigenvalue weighted by Crippen LogP contribution is 2.24. The van der Waals surface area contributed by atoms with E-state index in [1.165, 1.54) is 24.5 Å². The molecule has 0 radical (unpaired) electrons. The van der Waals surface area contributed by atoms with E-state index in [2.05, 4.69) is 5.32 Å². The summed E-state index contributed by atoms with van der Waals surface area (Å²) in [4.78, 5) is 49.3. The second-order valence-corrected chi connectivity index (χ2v) is 7.12. The molecule has 0 aliphatic carbocycles. The quantitative estimate of drug-likeness (QED) is 0.421. The van der Waals surface area contributed by atoms with Crippen molar-refractivity contribution in [2.45, 2.75) is 13.2 Å². The van der Waals surface area contributed by atoms with Crippen molar-refractivity contribution < 1.29 is 33.4 Å². The van der Waals surface area contributed by atoms with Crippen LogP contribution in [0.3, 0.4) is 0 Å². The normalized spacial score (nSPS) is 15.0. The summed E-state index contributed by atoms with van der Waals surface area (Å²) in [5, 5.41) is 11.2. The van der Waals surface area contributed by atoms with E-state index < -0.39 is 23.8 Å². The number of carbonyl (C=O) groups is 4. The van der Waals surface area contributed by atoms with Crippen LogP contribution < -0.4 is 10.1 Å². The minimum absolute atomic E-state index is 0.118. The van der Waals surface area contributed by atoms with E-state index in [1.807, 2.05) is 0 Å². The zero-order valence-electron chi connectivity index (χ0n) is 17.2. The van der Waals surface area contributed by atoms with Crippen molar-refractivity contribution in [2.24, 2.45) is 0 Å². The van der Waals surface area contributed by atoms with Crippen molar-refractivity contribution in [3.8, 4) is 5.75 Å². The third-order valence-corrected chi connectivity index (χ3v) is 4.89. The van der Waals surface area contributed by atoms with E-state index in [4.69, 9.17) is 14.3 Å². The van der Waals surface area contributed by atoms with Crippen LogP contribution in [0.25, 0.3) is 6.08 Å². The molecule has 4 rings (SSSR count). The molecule has 2 N–H and O–H groups in total. The van der Waals surface area contributed by atoms with E-state index in [0.717, 1.165) is 10.5 Å². The number of carboxylic acids is 1. The molecule has 3 aromatic rings. The maximum atomic E-state index is 12.9. The highest BCUT2D eigenvalue weighted by atomic mass is 16.5. The van der Waals surface area contributed by atoms with Crippen LogP contribution in [-0.2, 0) is 22.7 Å². The summed E-state index contributed by atoms with van der Waals surface area (Å²) in [6.07, 6.45) is 2.79. The fourth-order valence-electron chi connectivity index (χ4n) is 3.19. The molecule has 2 aromatic carbocycles. The molecule has 0 atom stereocenters. The predicted octanol–water partition coefficient (Wildman–Crippen LogP) is 3.22. The van der Waals surface area contributed by atoms with Gasteiger partial charge in [-0.2, -0.15) is 0 Å². The molecular formula is C24H18N2O7. The highest BCUT2D eigenvalue weighted by Gasteiger charge is 2.36. The largest absolute Gasteiger partial charge is 0.488 e. The van der Waals surface area contributed by atoms with E-state index in [-0.39, 0.29) is 24.3 Å². The Balaban J connectivity index is 1.55. The van der Waals surface area contributed by atoms with Crippen LogP contribution in [-0.4, -0.2) is 33.8 Å². The van der Waals surface area contributed by atoms with E-state index in [0.29, 0.717) is 17.1 Å². The average Bonchev–Trinajstić information content (AvgIpc) is 3.32. The molecule has 166 valence electrons. The Morgan fingerprint density at radius 3 is 2.48 bits per heavy atom. The Morgan fingerprint density at radius 1 is 1.03 bits per heavy atom. The van der Waals surface area contributed by atoms with Gasteiger partial charge in [-0.25, -0.2) is 9.59 Å². The molecule has 33 heavy (non-hydrogen) atoms. The van der Waals surface area contributed by atoms with Gasteiger partial charge >= 0.3 is 12.0 Å². The number of carbonyl (C=O) groups excluding carboxylic acids is 3. The second kappa shape index (κ2) is 9.23. The van der Waals surface area contributed by atoms with E-state index in [1.54, 1.807) is 48.5 Å². The van der Waals surface area contributed by atoms with Crippen LogP contribution in [0.2, 0.25) is 0 Å². The van der Waals surface area contributed by atoms with Gasteiger partial charge in [-0.1, -0.05) is 30.3 Å². The summed E-state index contributed by atoms with van der Waals surface area (Å²) in [6, 6.07) is 15.5. The lowest BCUT2D eigenvalue weighted by atomic mass is 10.1. The Labute approximate surface area is 187 Å². The molecule has 0 bridgehead atoms. The van der Waals surface area contributed by atoms with Gasteiger partial charge in [-0.05, 0) is 42.0 Å². The summed E-state index contributed by atoms with van der Waals surface area (Å²) in [7, 11) is 0. The average molecular weight is 446 g/mol. The van der Waals surface area contributed by atoms with Crippen molar-refractivity contribution in [1.82, 2.24) is 10.2 Å². The van der Waals surface area contributed by atoms with Crippen molar-refractivity contribution in [2.75, 3.05) is 0 Å². The van der Waals surface area contributed by atoms with Gasteiger partial charge in [0.1, 0.15) is 23.7 Å². The number of urea groups is 1. The van der Waals surface area contributed by atoms with Crippen molar-refractivity contribution in [3.05, 3.63) is 95.0 Å². The zero-order chi connectivity index (χ0) is 23.4. The Kier molecular flexibility index (Phi) is 6.03. The minimum Gasteiger partial charge on any atom is -0.488 e. The lowest BCUT2D eigenvalue weighted by Gasteiger charge is -2.25. The molecule has 4 amide bonds. The molecular weight excluding hydrogens is 428 g/mol. The first-order chi connectivity index (χ1) is 15.9. The van der Waals surface area contributed by atoms with E-state index >= 15 is 0 Å². The van der Waals surface area contributed by atoms with Gasteiger partial charge in [0.25, 0.3) is 11.8 Å². The van der Waals surface area contributed by atoms with Crippen molar-refractivity contribution in [3.63, 3.8) is 0 Å². The zero-order valence-corrected chi connectivity index (χ0v) is 17.2. The van der Waals surface area contributed by atoms with Gasteiger partial charge in [0, 0.05) is 5.56 Å². The van der Waals surface area contributed by atoms with Gasteiger partial charge in [-0.15, -0.1) is 0 Å². The fraction of sp³-hybridized carbons (Fsp3) is 0.0833. The van der Waals surface area contributed by atoms with E-state index in [9.17, 15) is 19.2 Å². The minimum atomic E-state index is -1.02. The third kappa shape index (κ3) is 4.82. The summed E-state index contributed by atoms with van der Waals surface area (Å²) in [5.74, 6) is -1.78. The number of amides is 4. The maximum absolute atomic E-state index is 12.9. The molecule has 2 heterocycles. The highest BCUT2D eigenvalue weighted by molar-refractivity contribution is 6.31. The lowest BCUT2D eigenvalue weighted by molar-refractivity contribution is -0.130. The van der Waals surface area contributed by atoms with Gasteiger partial charge in [-0.3, -0.25) is 19.8 Å². The maximum Gasteiger partial charge on any atom is 0.335 e. The first-order valence-electron chi connectivity index (χ1n) is 9.87. The number of hydrogen-bond acceptors (Lipinski definition) is 6. The van der Waals surface area contributed by atoms with Crippen LogP contribution in [0.4, 0.5) is 4.79 Å². The summed E-state index contributed by atoms with van der Waals surface area (Å²) in [5.41, 5.74) is 1.15. The number of barbiturate groups is 1. The van der Waals surface area contributed by atoms with Crippen molar-refractivity contribution >= 4 is 29.9 Å². The molecule has 1 aliphatic rings. The molecule has 0 spiro atoms. The molecule has 1 fully saturated rings. The summed E-state index contributed by atoms with van der Waals surface area (Å²) in [6.45, 7) is 0.0239. The summed E-state index contributed by atoms with van der Waals surface area (Å²) >= 11 is 0. The number of carboxylic acid groups (broad SMARTS) is 1. The predicted molar refractivity (Wildman–Crippen MR) is 115 cm³/mol. The van der Waals surface area contributed by atoms with Crippen LogP contribution >= 0.6 is 0 Å².